The lowest BCUT2D eigenvalue weighted by Gasteiger charge is -2.12. The standard InChI is InChI=1S/C15H24N2O/c1-3-13-5-7-14(8-6-13)12(2)11-15(18)17-10-4-9-16/h5-8,12H,3-4,9-11,16H2,1-2H3,(H,17,18). The summed E-state index contributed by atoms with van der Waals surface area (Å²) in [6.07, 6.45) is 2.43. The molecule has 0 aliphatic heterocycles. The summed E-state index contributed by atoms with van der Waals surface area (Å²) in [5, 5.41) is 2.89. The van der Waals surface area contributed by atoms with Gasteiger partial charge < -0.3 is 11.1 Å². The normalized spacial score (nSPS) is 12.2. The molecule has 1 amide bonds. The molecule has 0 saturated heterocycles. The van der Waals surface area contributed by atoms with E-state index in [0.717, 1.165) is 12.8 Å². The lowest BCUT2D eigenvalue weighted by atomic mass is 9.96. The van der Waals surface area contributed by atoms with Gasteiger partial charge in [-0.1, -0.05) is 38.1 Å². The summed E-state index contributed by atoms with van der Waals surface area (Å²) in [4.78, 5) is 11.7. The van der Waals surface area contributed by atoms with Crippen molar-refractivity contribution in [1.29, 1.82) is 0 Å². The maximum absolute atomic E-state index is 11.7. The van der Waals surface area contributed by atoms with Gasteiger partial charge in [0.05, 0.1) is 0 Å². The highest BCUT2D eigenvalue weighted by molar-refractivity contribution is 5.76. The summed E-state index contributed by atoms with van der Waals surface area (Å²) in [7, 11) is 0. The predicted octanol–water partition coefficient (Wildman–Crippen LogP) is 2.21. The predicted molar refractivity (Wildman–Crippen MR) is 75.5 cm³/mol. The molecule has 0 bridgehead atoms. The van der Waals surface area contributed by atoms with E-state index < -0.39 is 0 Å². The number of nitrogens with two attached hydrogens (primary N) is 1. The Balaban J connectivity index is 2.43. The fraction of sp³-hybridized carbons (Fsp3) is 0.533. The van der Waals surface area contributed by atoms with Crippen LogP contribution in [0.1, 0.15) is 43.7 Å². The first kappa shape index (κ1) is 14.7. The molecular formula is C15H24N2O. The number of hydrogen-bond acceptors (Lipinski definition) is 2. The van der Waals surface area contributed by atoms with Gasteiger partial charge in [-0.2, -0.15) is 0 Å². The Morgan fingerprint density at radius 2 is 2.00 bits per heavy atom. The summed E-state index contributed by atoms with van der Waals surface area (Å²) >= 11 is 0. The number of benzene rings is 1. The average molecular weight is 248 g/mol. The van der Waals surface area contributed by atoms with Crippen molar-refractivity contribution in [2.45, 2.75) is 39.0 Å². The van der Waals surface area contributed by atoms with Gasteiger partial charge in [-0.05, 0) is 36.4 Å². The third-order valence-corrected chi connectivity index (χ3v) is 3.15. The van der Waals surface area contributed by atoms with Crippen LogP contribution < -0.4 is 11.1 Å². The van der Waals surface area contributed by atoms with Gasteiger partial charge in [0.25, 0.3) is 0 Å². The largest absolute Gasteiger partial charge is 0.356 e. The fourth-order valence-electron chi connectivity index (χ4n) is 1.88. The zero-order valence-electron chi connectivity index (χ0n) is 11.4. The number of nitrogens with one attached hydrogen (secondary N) is 1. The fourth-order valence-corrected chi connectivity index (χ4v) is 1.88. The molecule has 0 radical (unpaired) electrons. The highest BCUT2D eigenvalue weighted by atomic mass is 16.1. The Morgan fingerprint density at radius 1 is 1.33 bits per heavy atom. The Morgan fingerprint density at radius 3 is 2.56 bits per heavy atom. The van der Waals surface area contributed by atoms with Gasteiger partial charge >= 0.3 is 0 Å². The van der Waals surface area contributed by atoms with Crippen molar-refractivity contribution in [2.75, 3.05) is 13.1 Å². The molecule has 1 aromatic rings. The van der Waals surface area contributed by atoms with E-state index in [0.29, 0.717) is 19.5 Å². The molecule has 0 saturated carbocycles. The molecule has 0 spiro atoms. The van der Waals surface area contributed by atoms with Crippen LogP contribution in [0.5, 0.6) is 0 Å². The molecule has 1 aromatic carbocycles. The molecule has 18 heavy (non-hydrogen) atoms. The van der Waals surface area contributed by atoms with Gasteiger partial charge in [-0.15, -0.1) is 0 Å². The van der Waals surface area contributed by atoms with Crippen LogP contribution in [0.3, 0.4) is 0 Å². The molecular weight excluding hydrogens is 224 g/mol. The molecule has 0 aliphatic rings. The number of amides is 1. The smallest absolute Gasteiger partial charge is 0.220 e. The van der Waals surface area contributed by atoms with E-state index in [9.17, 15) is 4.79 Å². The minimum atomic E-state index is 0.107. The van der Waals surface area contributed by atoms with Gasteiger partial charge in [0.1, 0.15) is 0 Å². The third-order valence-electron chi connectivity index (χ3n) is 3.15. The zero-order chi connectivity index (χ0) is 13.4. The van der Waals surface area contributed by atoms with Crippen LogP contribution in [0.15, 0.2) is 24.3 Å². The molecule has 3 N–H and O–H groups in total. The molecule has 3 nitrogen and oxygen atoms in total. The zero-order valence-corrected chi connectivity index (χ0v) is 11.4. The molecule has 0 aliphatic carbocycles. The van der Waals surface area contributed by atoms with Crippen molar-refractivity contribution in [3.05, 3.63) is 35.4 Å². The Kier molecular flexibility index (Phi) is 6.44. The van der Waals surface area contributed by atoms with E-state index in [2.05, 4.69) is 43.4 Å². The summed E-state index contributed by atoms with van der Waals surface area (Å²) < 4.78 is 0. The van der Waals surface area contributed by atoms with Crippen molar-refractivity contribution >= 4 is 5.91 Å². The Bertz CT molecular complexity index is 359. The molecule has 3 heteroatoms. The van der Waals surface area contributed by atoms with Crippen molar-refractivity contribution in [3.8, 4) is 0 Å². The van der Waals surface area contributed by atoms with Crippen LogP contribution >= 0.6 is 0 Å². The minimum absolute atomic E-state index is 0.107. The van der Waals surface area contributed by atoms with Gasteiger partial charge in [-0.3, -0.25) is 4.79 Å². The number of carbonyl (C=O) groups is 1. The van der Waals surface area contributed by atoms with E-state index in [1.54, 1.807) is 0 Å². The highest BCUT2D eigenvalue weighted by Gasteiger charge is 2.10. The Labute approximate surface area is 110 Å². The molecule has 1 unspecified atom stereocenters. The van der Waals surface area contributed by atoms with Gasteiger partial charge in [0, 0.05) is 13.0 Å². The second-order valence-corrected chi connectivity index (χ2v) is 4.69. The summed E-state index contributed by atoms with van der Waals surface area (Å²) in [5.41, 5.74) is 7.94. The topological polar surface area (TPSA) is 55.1 Å². The Hall–Kier alpha value is -1.35. The molecule has 0 heterocycles. The van der Waals surface area contributed by atoms with Crippen LogP contribution in [-0.2, 0) is 11.2 Å². The monoisotopic (exact) mass is 248 g/mol. The SMILES string of the molecule is CCc1ccc(C(C)CC(=O)NCCCN)cc1. The first-order chi connectivity index (χ1) is 8.67. The van der Waals surface area contributed by atoms with Crippen LogP contribution in [0.4, 0.5) is 0 Å². The quantitative estimate of drug-likeness (QED) is 0.727. The summed E-state index contributed by atoms with van der Waals surface area (Å²) in [6, 6.07) is 8.52. The van der Waals surface area contributed by atoms with E-state index in [4.69, 9.17) is 5.73 Å². The van der Waals surface area contributed by atoms with Gasteiger partial charge in [-0.25, -0.2) is 0 Å². The maximum Gasteiger partial charge on any atom is 0.220 e. The van der Waals surface area contributed by atoms with Crippen molar-refractivity contribution in [1.82, 2.24) is 5.32 Å². The molecule has 0 aromatic heterocycles. The minimum Gasteiger partial charge on any atom is -0.356 e. The van der Waals surface area contributed by atoms with E-state index in [1.165, 1.54) is 11.1 Å². The van der Waals surface area contributed by atoms with Crippen molar-refractivity contribution < 1.29 is 4.79 Å². The molecule has 100 valence electrons. The van der Waals surface area contributed by atoms with Crippen LogP contribution in [0.2, 0.25) is 0 Å². The summed E-state index contributed by atoms with van der Waals surface area (Å²) in [6.45, 7) is 5.53. The molecule has 1 atom stereocenters. The van der Waals surface area contributed by atoms with E-state index in [1.807, 2.05) is 0 Å². The molecule has 1 rings (SSSR count). The van der Waals surface area contributed by atoms with Crippen LogP contribution in [0, 0.1) is 0 Å². The van der Waals surface area contributed by atoms with Crippen LogP contribution in [0.25, 0.3) is 0 Å². The molecule has 0 fully saturated rings. The highest BCUT2D eigenvalue weighted by Crippen LogP contribution is 2.19. The average Bonchev–Trinajstić information content (AvgIpc) is 2.39. The number of carbonyl (C=O) groups excluding carboxylic acids is 1. The van der Waals surface area contributed by atoms with Crippen molar-refractivity contribution in [2.24, 2.45) is 5.73 Å². The summed E-state index contributed by atoms with van der Waals surface area (Å²) in [5.74, 6) is 0.365. The number of aryl methyl sites for hydroxylation is 1. The maximum atomic E-state index is 11.7. The van der Waals surface area contributed by atoms with Gasteiger partial charge in [0.2, 0.25) is 5.91 Å². The number of hydrogen-bond donors (Lipinski definition) is 2. The second-order valence-electron chi connectivity index (χ2n) is 4.69. The number of rotatable bonds is 7. The lowest BCUT2D eigenvalue weighted by Crippen LogP contribution is -2.26. The second kappa shape index (κ2) is 7.88. The van der Waals surface area contributed by atoms with Crippen LogP contribution in [-0.4, -0.2) is 19.0 Å². The first-order valence-corrected chi connectivity index (χ1v) is 6.73. The van der Waals surface area contributed by atoms with E-state index in [-0.39, 0.29) is 11.8 Å². The third kappa shape index (κ3) is 4.88. The first-order valence-electron chi connectivity index (χ1n) is 6.73. The van der Waals surface area contributed by atoms with E-state index >= 15 is 0 Å². The van der Waals surface area contributed by atoms with Gasteiger partial charge in [0.15, 0.2) is 0 Å². The van der Waals surface area contributed by atoms with Crippen molar-refractivity contribution in [3.63, 3.8) is 0 Å². The lowest BCUT2D eigenvalue weighted by molar-refractivity contribution is -0.121.